The van der Waals surface area contributed by atoms with Crippen LogP contribution in [0.15, 0.2) is 18.3 Å². The number of fused-ring (bicyclic) bond motifs is 1. The quantitative estimate of drug-likeness (QED) is 0.599. The van der Waals surface area contributed by atoms with Crippen molar-refractivity contribution >= 4 is 11.2 Å². The molecule has 29 heavy (non-hydrogen) atoms. The van der Waals surface area contributed by atoms with Crippen LogP contribution in [0.3, 0.4) is 0 Å². The van der Waals surface area contributed by atoms with Crippen LogP contribution < -0.4 is 5.73 Å². The molecule has 0 amide bonds. The first kappa shape index (κ1) is 21.4. The molecule has 0 bridgehead atoms. The number of nitrogens with zero attached hydrogens (tertiary/aromatic N) is 4. The predicted octanol–water partition coefficient (Wildman–Crippen LogP) is 4.68. The fourth-order valence-electron chi connectivity index (χ4n) is 3.68. The number of rotatable bonds is 8. The number of aryl methyl sites for hydroxylation is 2. The normalized spacial score (nSPS) is 12.8. The monoisotopic (exact) mass is 395 g/mol. The summed E-state index contributed by atoms with van der Waals surface area (Å²) in [5.41, 5.74) is 13.6. The SMILES string of the molecule is CCOC[C@@H](CC)n1cc(C)c2nc(-c3ccc(C(C)C)nc3CN)c(C)nc21. The topological polar surface area (TPSA) is 78.8 Å². The second-order valence-corrected chi connectivity index (χ2v) is 7.86. The average molecular weight is 396 g/mol. The Morgan fingerprint density at radius 1 is 1.10 bits per heavy atom. The van der Waals surface area contributed by atoms with Crippen LogP contribution in [0.1, 0.15) is 68.7 Å². The van der Waals surface area contributed by atoms with Crippen molar-refractivity contribution in [2.45, 2.75) is 66.5 Å². The Morgan fingerprint density at radius 2 is 1.86 bits per heavy atom. The summed E-state index contributed by atoms with van der Waals surface area (Å²) in [6.07, 6.45) is 3.12. The lowest BCUT2D eigenvalue weighted by Gasteiger charge is -2.18. The summed E-state index contributed by atoms with van der Waals surface area (Å²) >= 11 is 0. The van der Waals surface area contributed by atoms with Gasteiger partial charge in [0.25, 0.3) is 0 Å². The molecule has 0 aliphatic carbocycles. The van der Waals surface area contributed by atoms with Crippen molar-refractivity contribution in [2.75, 3.05) is 13.2 Å². The van der Waals surface area contributed by atoms with Gasteiger partial charge >= 0.3 is 0 Å². The maximum Gasteiger partial charge on any atom is 0.159 e. The van der Waals surface area contributed by atoms with Crippen molar-refractivity contribution in [3.63, 3.8) is 0 Å². The van der Waals surface area contributed by atoms with E-state index in [0.29, 0.717) is 25.7 Å². The fraction of sp³-hybridized carbons (Fsp3) is 0.522. The molecule has 2 N–H and O–H groups in total. The predicted molar refractivity (Wildman–Crippen MR) is 118 cm³/mol. The van der Waals surface area contributed by atoms with E-state index < -0.39 is 0 Å². The van der Waals surface area contributed by atoms with Crippen molar-refractivity contribution < 1.29 is 4.74 Å². The van der Waals surface area contributed by atoms with E-state index in [4.69, 9.17) is 25.4 Å². The highest BCUT2D eigenvalue weighted by Gasteiger charge is 2.20. The van der Waals surface area contributed by atoms with E-state index in [0.717, 1.165) is 51.5 Å². The second kappa shape index (κ2) is 9.01. The fourth-order valence-corrected chi connectivity index (χ4v) is 3.68. The number of ether oxygens (including phenoxy) is 1. The Morgan fingerprint density at radius 3 is 2.48 bits per heavy atom. The Bertz CT molecular complexity index is 993. The first-order valence-electron chi connectivity index (χ1n) is 10.5. The second-order valence-electron chi connectivity index (χ2n) is 7.86. The van der Waals surface area contributed by atoms with Gasteiger partial charge in [-0.15, -0.1) is 0 Å². The van der Waals surface area contributed by atoms with Crippen LogP contribution in [0.2, 0.25) is 0 Å². The lowest BCUT2D eigenvalue weighted by atomic mass is 10.0. The highest BCUT2D eigenvalue weighted by Crippen LogP contribution is 2.30. The molecule has 0 radical (unpaired) electrons. The highest BCUT2D eigenvalue weighted by atomic mass is 16.5. The van der Waals surface area contributed by atoms with E-state index in [1.165, 1.54) is 0 Å². The Labute approximate surface area is 173 Å². The molecule has 0 unspecified atom stereocenters. The van der Waals surface area contributed by atoms with Crippen LogP contribution in [-0.2, 0) is 11.3 Å². The van der Waals surface area contributed by atoms with Gasteiger partial charge in [-0.1, -0.05) is 20.8 Å². The molecule has 1 atom stereocenters. The van der Waals surface area contributed by atoms with Crippen molar-refractivity contribution in [3.05, 3.63) is 41.0 Å². The minimum Gasteiger partial charge on any atom is -0.380 e. The van der Waals surface area contributed by atoms with E-state index in [-0.39, 0.29) is 6.04 Å². The van der Waals surface area contributed by atoms with Crippen LogP contribution in [-0.4, -0.2) is 32.7 Å². The average Bonchev–Trinajstić information content (AvgIpc) is 3.03. The summed E-state index contributed by atoms with van der Waals surface area (Å²) in [6.45, 7) is 14.3. The molecule has 3 aromatic rings. The minimum absolute atomic E-state index is 0.247. The van der Waals surface area contributed by atoms with Gasteiger partial charge in [-0.05, 0) is 50.8 Å². The lowest BCUT2D eigenvalue weighted by Crippen LogP contribution is -2.15. The van der Waals surface area contributed by atoms with Gasteiger partial charge in [0.1, 0.15) is 5.52 Å². The number of hydrogen-bond donors (Lipinski definition) is 1. The van der Waals surface area contributed by atoms with E-state index in [1.807, 2.05) is 13.8 Å². The highest BCUT2D eigenvalue weighted by molar-refractivity contribution is 5.80. The minimum atomic E-state index is 0.247. The van der Waals surface area contributed by atoms with E-state index in [1.54, 1.807) is 0 Å². The number of hydrogen-bond acceptors (Lipinski definition) is 5. The Kier molecular flexibility index (Phi) is 6.65. The van der Waals surface area contributed by atoms with Crippen molar-refractivity contribution in [2.24, 2.45) is 5.73 Å². The van der Waals surface area contributed by atoms with Crippen LogP contribution in [0.4, 0.5) is 0 Å². The molecule has 6 nitrogen and oxygen atoms in total. The third kappa shape index (κ3) is 4.19. The zero-order chi connectivity index (χ0) is 21.1. The van der Waals surface area contributed by atoms with Crippen molar-refractivity contribution in [1.29, 1.82) is 0 Å². The molecule has 156 valence electrons. The molecule has 0 spiro atoms. The molecule has 0 aliphatic heterocycles. The molecular formula is C23H33N5O. The van der Waals surface area contributed by atoms with E-state index in [9.17, 15) is 0 Å². The molecule has 6 heteroatoms. The summed E-state index contributed by atoms with van der Waals surface area (Å²) in [4.78, 5) is 14.8. The Hall–Kier alpha value is -2.31. The van der Waals surface area contributed by atoms with E-state index in [2.05, 4.69) is 50.6 Å². The van der Waals surface area contributed by atoms with Crippen LogP contribution in [0.25, 0.3) is 22.4 Å². The summed E-state index contributed by atoms with van der Waals surface area (Å²) in [6, 6.07) is 4.40. The van der Waals surface area contributed by atoms with Gasteiger partial charge in [-0.2, -0.15) is 0 Å². The van der Waals surface area contributed by atoms with Crippen LogP contribution in [0, 0.1) is 13.8 Å². The molecule has 0 saturated carbocycles. The maximum atomic E-state index is 6.03. The maximum absolute atomic E-state index is 6.03. The van der Waals surface area contributed by atoms with Gasteiger partial charge in [0, 0.05) is 30.6 Å². The molecule has 3 heterocycles. The standard InChI is InChI=1S/C23H33N5O/c1-7-17(13-29-8-2)28-12-15(5)21-23(28)25-16(6)22(27-21)18-9-10-19(14(3)4)26-20(18)11-24/h9-10,12,14,17H,7-8,11,13,24H2,1-6H3/t17-/m1/s1. The van der Waals surface area contributed by atoms with Crippen LogP contribution in [0.5, 0.6) is 0 Å². The van der Waals surface area contributed by atoms with Gasteiger partial charge in [0.05, 0.1) is 29.7 Å². The third-order valence-electron chi connectivity index (χ3n) is 5.42. The molecule has 3 aromatic heterocycles. The van der Waals surface area contributed by atoms with Gasteiger partial charge in [0.15, 0.2) is 5.65 Å². The number of aromatic nitrogens is 4. The third-order valence-corrected chi connectivity index (χ3v) is 5.42. The molecular weight excluding hydrogens is 362 g/mol. The largest absolute Gasteiger partial charge is 0.380 e. The zero-order valence-electron chi connectivity index (χ0n) is 18.5. The number of nitrogens with two attached hydrogens (primary N) is 1. The smallest absolute Gasteiger partial charge is 0.159 e. The zero-order valence-corrected chi connectivity index (χ0v) is 18.5. The molecule has 0 aliphatic rings. The summed E-state index contributed by atoms with van der Waals surface area (Å²) in [5.74, 6) is 0.358. The van der Waals surface area contributed by atoms with Gasteiger partial charge in [0.2, 0.25) is 0 Å². The molecule has 3 rings (SSSR count). The summed E-state index contributed by atoms with van der Waals surface area (Å²) in [5, 5.41) is 0. The molecule has 0 aromatic carbocycles. The first-order chi connectivity index (χ1) is 13.9. The summed E-state index contributed by atoms with van der Waals surface area (Å²) < 4.78 is 7.91. The first-order valence-corrected chi connectivity index (χ1v) is 10.5. The van der Waals surface area contributed by atoms with E-state index >= 15 is 0 Å². The Balaban J connectivity index is 2.13. The van der Waals surface area contributed by atoms with Crippen molar-refractivity contribution in [1.82, 2.24) is 19.5 Å². The van der Waals surface area contributed by atoms with Crippen LogP contribution >= 0.6 is 0 Å². The molecule has 0 saturated heterocycles. The van der Waals surface area contributed by atoms with Gasteiger partial charge < -0.3 is 15.0 Å². The van der Waals surface area contributed by atoms with Gasteiger partial charge in [-0.25, -0.2) is 9.97 Å². The number of pyridine rings is 1. The lowest BCUT2D eigenvalue weighted by molar-refractivity contribution is 0.113. The molecule has 0 fully saturated rings. The van der Waals surface area contributed by atoms with Crippen molar-refractivity contribution in [3.8, 4) is 11.3 Å². The van der Waals surface area contributed by atoms with Gasteiger partial charge in [-0.3, -0.25) is 4.98 Å². The summed E-state index contributed by atoms with van der Waals surface area (Å²) in [7, 11) is 0.